The summed E-state index contributed by atoms with van der Waals surface area (Å²) < 4.78 is 24.9. The van der Waals surface area contributed by atoms with Gasteiger partial charge in [0.15, 0.2) is 0 Å². The molecule has 2 rings (SSSR count). The molecule has 2 aromatic carbocycles. The normalized spacial score (nSPS) is 11.8. The van der Waals surface area contributed by atoms with E-state index in [1.807, 2.05) is 38.1 Å². The van der Waals surface area contributed by atoms with Gasteiger partial charge in [0, 0.05) is 0 Å². The Morgan fingerprint density at radius 1 is 1.10 bits per heavy atom. The molecule has 1 unspecified atom stereocenters. The summed E-state index contributed by atoms with van der Waals surface area (Å²) >= 11 is 0. The van der Waals surface area contributed by atoms with Crippen molar-refractivity contribution in [2.45, 2.75) is 19.9 Å². The first kappa shape index (κ1) is 15.2. The van der Waals surface area contributed by atoms with Crippen LogP contribution in [0.15, 0.2) is 42.5 Å². The first-order valence-corrected chi connectivity index (χ1v) is 6.98. The van der Waals surface area contributed by atoms with E-state index >= 15 is 0 Å². The number of ether oxygens (including phenoxy) is 2. The maximum atomic E-state index is 14.1. The number of rotatable bonds is 6. The number of para-hydroxylation sites is 2. The van der Waals surface area contributed by atoms with Crippen molar-refractivity contribution in [3.05, 3.63) is 53.8 Å². The van der Waals surface area contributed by atoms with Crippen molar-refractivity contribution in [1.82, 2.24) is 0 Å². The summed E-state index contributed by atoms with van der Waals surface area (Å²) in [6, 6.07) is 12.2. The van der Waals surface area contributed by atoms with E-state index in [-0.39, 0.29) is 11.9 Å². The Morgan fingerprint density at radius 3 is 2.52 bits per heavy atom. The molecule has 0 heterocycles. The van der Waals surface area contributed by atoms with Crippen molar-refractivity contribution in [1.29, 1.82) is 0 Å². The highest BCUT2D eigenvalue weighted by Gasteiger charge is 2.17. The van der Waals surface area contributed by atoms with Crippen LogP contribution < -0.4 is 14.8 Å². The molecule has 0 aliphatic carbocycles. The zero-order chi connectivity index (χ0) is 15.2. The quantitative estimate of drug-likeness (QED) is 0.854. The Bertz CT molecular complexity index is 601. The standard InChI is InChI=1S/C17H20FNO2/c1-4-21-15-10-6-5-9-14(15)19-12(2)17-13(18)8-7-11-16(17)20-3/h5-12,19H,4H2,1-3H3. The number of hydrogen-bond donors (Lipinski definition) is 1. The molecular weight excluding hydrogens is 269 g/mol. The van der Waals surface area contributed by atoms with Crippen molar-refractivity contribution >= 4 is 5.69 Å². The van der Waals surface area contributed by atoms with E-state index < -0.39 is 0 Å². The third-order valence-corrected chi connectivity index (χ3v) is 3.22. The van der Waals surface area contributed by atoms with Crippen LogP contribution >= 0.6 is 0 Å². The number of anilines is 1. The first-order valence-electron chi connectivity index (χ1n) is 6.98. The zero-order valence-electron chi connectivity index (χ0n) is 12.5. The second-order valence-electron chi connectivity index (χ2n) is 4.65. The largest absolute Gasteiger partial charge is 0.496 e. The Kier molecular flexibility index (Phi) is 5.04. The summed E-state index contributed by atoms with van der Waals surface area (Å²) in [6.07, 6.45) is 0. The van der Waals surface area contributed by atoms with E-state index in [4.69, 9.17) is 9.47 Å². The zero-order valence-corrected chi connectivity index (χ0v) is 12.5. The monoisotopic (exact) mass is 289 g/mol. The summed E-state index contributed by atoms with van der Waals surface area (Å²) in [7, 11) is 1.54. The lowest BCUT2D eigenvalue weighted by Gasteiger charge is -2.20. The van der Waals surface area contributed by atoms with Crippen LogP contribution in [0.1, 0.15) is 25.5 Å². The van der Waals surface area contributed by atoms with E-state index in [1.54, 1.807) is 19.2 Å². The minimum absolute atomic E-state index is 0.247. The molecule has 0 bridgehead atoms. The van der Waals surface area contributed by atoms with Crippen LogP contribution in [0.2, 0.25) is 0 Å². The van der Waals surface area contributed by atoms with Gasteiger partial charge in [0.1, 0.15) is 17.3 Å². The smallest absolute Gasteiger partial charge is 0.142 e. The predicted octanol–water partition coefficient (Wildman–Crippen LogP) is 4.41. The van der Waals surface area contributed by atoms with Crippen molar-refractivity contribution in [3.8, 4) is 11.5 Å². The fourth-order valence-electron chi connectivity index (χ4n) is 2.29. The molecule has 3 nitrogen and oxygen atoms in total. The highest BCUT2D eigenvalue weighted by atomic mass is 19.1. The molecule has 21 heavy (non-hydrogen) atoms. The fourth-order valence-corrected chi connectivity index (χ4v) is 2.29. The van der Waals surface area contributed by atoms with Crippen LogP contribution in [0.25, 0.3) is 0 Å². The van der Waals surface area contributed by atoms with Crippen LogP contribution in [0.4, 0.5) is 10.1 Å². The minimum Gasteiger partial charge on any atom is -0.496 e. The van der Waals surface area contributed by atoms with Crippen LogP contribution in [0, 0.1) is 5.82 Å². The Hall–Kier alpha value is -2.23. The van der Waals surface area contributed by atoms with Gasteiger partial charge in [-0.2, -0.15) is 0 Å². The lowest BCUT2D eigenvalue weighted by atomic mass is 10.1. The van der Waals surface area contributed by atoms with Crippen molar-refractivity contribution in [2.75, 3.05) is 19.0 Å². The van der Waals surface area contributed by atoms with Gasteiger partial charge in [-0.15, -0.1) is 0 Å². The third kappa shape index (κ3) is 3.45. The molecule has 1 atom stereocenters. The second-order valence-corrected chi connectivity index (χ2v) is 4.65. The van der Waals surface area contributed by atoms with Gasteiger partial charge in [-0.25, -0.2) is 4.39 Å². The Labute approximate surface area is 124 Å². The number of nitrogens with one attached hydrogen (secondary N) is 1. The second kappa shape index (κ2) is 6.97. The molecule has 0 amide bonds. The topological polar surface area (TPSA) is 30.5 Å². The lowest BCUT2D eigenvalue weighted by molar-refractivity contribution is 0.341. The minimum atomic E-state index is -0.289. The number of halogens is 1. The SMILES string of the molecule is CCOc1ccccc1NC(C)c1c(F)cccc1OC. The predicted molar refractivity (Wildman–Crippen MR) is 82.6 cm³/mol. The molecule has 4 heteroatoms. The molecule has 0 aromatic heterocycles. The van der Waals surface area contributed by atoms with E-state index in [0.717, 1.165) is 11.4 Å². The average Bonchev–Trinajstić information content (AvgIpc) is 2.49. The van der Waals surface area contributed by atoms with E-state index in [9.17, 15) is 4.39 Å². The molecular formula is C17H20FNO2. The molecule has 0 aliphatic rings. The Morgan fingerprint density at radius 2 is 1.81 bits per heavy atom. The van der Waals surface area contributed by atoms with Crippen LogP contribution in [-0.2, 0) is 0 Å². The van der Waals surface area contributed by atoms with Gasteiger partial charge in [0.05, 0.1) is 31.0 Å². The molecule has 0 saturated carbocycles. The molecule has 0 saturated heterocycles. The van der Waals surface area contributed by atoms with Crippen LogP contribution in [-0.4, -0.2) is 13.7 Å². The number of benzene rings is 2. The summed E-state index contributed by atoms with van der Waals surface area (Å²) in [5.41, 5.74) is 1.34. The van der Waals surface area contributed by atoms with Gasteiger partial charge in [-0.1, -0.05) is 18.2 Å². The van der Waals surface area contributed by atoms with E-state index in [0.29, 0.717) is 17.9 Å². The maximum absolute atomic E-state index is 14.1. The fraction of sp³-hybridized carbons (Fsp3) is 0.294. The number of hydrogen-bond acceptors (Lipinski definition) is 3. The summed E-state index contributed by atoms with van der Waals surface area (Å²) in [4.78, 5) is 0. The maximum Gasteiger partial charge on any atom is 0.142 e. The molecule has 0 spiro atoms. The average molecular weight is 289 g/mol. The van der Waals surface area contributed by atoms with Crippen molar-refractivity contribution in [3.63, 3.8) is 0 Å². The number of methoxy groups -OCH3 is 1. The summed E-state index contributed by atoms with van der Waals surface area (Å²) in [5, 5.41) is 3.28. The van der Waals surface area contributed by atoms with E-state index in [1.165, 1.54) is 6.07 Å². The van der Waals surface area contributed by atoms with Gasteiger partial charge in [-0.05, 0) is 38.1 Å². The summed E-state index contributed by atoms with van der Waals surface area (Å²) in [6.45, 7) is 4.40. The third-order valence-electron chi connectivity index (χ3n) is 3.22. The van der Waals surface area contributed by atoms with Gasteiger partial charge in [0.25, 0.3) is 0 Å². The van der Waals surface area contributed by atoms with Gasteiger partial charge in [-0.3, -0.25) is 0 Å². The van der Waals surface area contributed by atoms with Crippen molar-refractivity contribution < 1.29 is 13.9 Å². The molecule has 0 radical (unpaired) electrons. The highest BCUT2D eigenvalue weighted by Crippen LogP contribution is 2.33. The van der Waals surface area contributed by atoms with Crippen molar-refractivity contribution in [2.24, 2.45) is 0 Å². The van der Waals surface area contributed by atoms with Gasteiger partial charge < -0.3 is 14.8 Å². The molecule has 0 aliphatic heterocycles. The lowest BCUT2D eigenvalue weighted by Crippen LogP contribution is -2.11. The molecule has 112 valence electrons. The molecule has 1 N–H and O–H groups in total. The van der Waals surface area contributed by atoms with Crippen LogP contribution in [0.5, 0.6) is 11.5 Å². The van der Waals surface area contributed by atoms with Gasteiger partial charge in [0.2, 0.25) is 0 Å². The molecule has 2 aromatic rings. The molecule has 0 fully saturated rings. The van der Waals surface area contributed by atoms with Gasteiger partial charge >= 0.3 is 0 Å². The first-order chi connectivity index (χ1) is 10.2. The summed E-state index contributed by atoms with van der Waals surface area (Å²) in [5.74, 6) is 0.995. The Balaban J connectivity index is 2.28. The van der Waals surface area contributed by atoms with Crippen LogP contribution in [0.3, 0.4) is 0 Å². The van der Waals surface area contributed by atoms with E-state index in [2.05, 4.69) is 5.32 Å². The highest BCUT2D eigenvalue weighted by molar-refractivity contribution is 5.58.